The number of para-hydroxylation sites is 1. The zero-order valence-electron chi connectivity index (χ0n) is 22.8. The highest BCUT2D eigenvalue weighted by molar-refractivity contribution is 7.92. The second-order valence-electron chi connectivity index (χ2n) is 10.6. The van der Waals surface area contributed by atoms with Gasteiger partial charge in [0, 0.05) is 32.2 Å². The molecule has 0 unspecified atom stereocenters. The quantitative estimate of drug-likeness (QED) is 0.509. The van der Waals surface area contributed by atoms with Crippen molar-refractivity contribution < 1.29 is 17.9 Å². The first kappa shape index (κ1) is 27.4. The number of benzene rings is 2. The van der Waals surface area contributed by atoms with E-state index < -0.39 is 15.1 Å². The lowest BCUT2D eigenvalue weighted by Gasteiger charge is -2.41. The molecule has 200 valence electrons. The van der Waals surface area contributed by atoms with Gasteiger partial charge >= 0.3 is 0 Å². The predicted octanol–water partition coefficient (Wildman–Crippen LogP) is 5.36. The molecule has 0 atom stereocenters. The van der Waals surface area contributed by atoms with Gasteiger partial charge in [0.15, 0.2) is 9.84 Å². The van der Waals surface area contributed by atoms with E-state index >= 15 is 0 Å². The largest absolute Gasteiger partial charge is 0.496 e. The summed E-state index contributed by atoms with van der Waals surface area (Å²) in [6.45, 7) is 11.1. The van der Waals surface area contributed by atoms with Crippen molar-refractivity contribution in [3.63, 3.8) is 0 Å². The number of carbonyl (C=O) groups excluding carboxylic acids is 1. The van der Waals surface area contributed by atoms with Gasteiger partial charge in [-0.1, -0.05) is 29.8 Å². The Kier molecular flexibility index (Phi) is 8.44. The standard InChI is InChI=1S/C30H40N2O4S/c1-21(2)37(34,35)27-11-9-24(10-12-27)23(4)25-13-17-31(18-14-25)26-15-19-32(20-16-26)30(33)28-8-6-7-22(3)29(28)36-5/h6-12,21,26H,13-20H2,1-5H3. The third kappa shape index (κ3) is 5.78. The molecule has 7 heteroatoms. The number of likely N-dealkylation sites (tertiary alicyclic amines) is 2. The van der Waals surface area contributed by atoms with Crippen molar-refractivity contribution in [2.45, 2.75) is 69.6 Å². The molecule has 0 N–H and O–H groups in total. The number of sulfone groups is 1. The van der Waals surface area contributed by atoms with E-state index in [0.29, 0.717) is 22.3 Å². The highest BCUT2D eigenvalue weighted by Crippen LogP contribution is 2.31. The number of ether oxygens (including phenoxy) is 1. The first-order valence-electron chi connectivity index (χ1n) is 13.3. The maximum absolute atomic E-state index is 13.2. The van der Waals surface area contributed by atoms with Gasteiger partial charge < -0.3 is 9.64 Å². The van der Waals surface area contributed by atoms with Gasteiger partial charge in [0.05, 0.1) is 22.8 Å². The van der Waals surface area contributed by atoms with E-state index in [0.717, 1.165) is 63.0 Å². The lowest BCUT2D eigenvalue weighted by atomic mass is 9.92. The zero-order chi connectivity index (χ0) is 26.7. The van der Waals surface area contributed by atoms with Crippen molar-refractivity contribution in [1.29, 1.82) is 0 Å². The Morgan fingerprint density at radius 3 is 2.16 bits per heavy atom. The van der Waals surface area contributed by atoms with Gasteiger partial charge in [-0.3, -0.25) is 9.69 Å². The molecular formula is C30H40N2O4S. The maximum Gasteiger partial charge on any atom is 0.257 e. The third-order valence-electron chi connectivity index (χ3n) is 8.08. The van der Waals surface area contributed by atoms with Crippen LogP contribution in [0.3, 0.4) is 0 Å². The number of hydrogen-bond acceptors (Lipinski definition) is 5. The van der Waals surface area contributed by atoms with Crippen molar-refractivity contribution >= 4 is 21.3 Å². The highest BCUT2D eigenvalue weighted by Gasteiger charge is 2.30. The topological polar surface area (TPSA) is 66.9 Å². The summed E-state index contributed by atoms with van der Waals surface area (Å²) in [6.07, 6.45) is 4.03. The minimum Gasteiger partial charge on any atom is -0.496 e. The summed E-state index contributed by atoms with van der Waals surface area (Å²) in [6, 6.07) is 13.6. The Morgan fingerprint density at radius 2 is 1.59 bits per heavy atom. The molecule has 4 rings (SSSR count). The molecule has 2 fully saturated rings. The van der Waals surface area contributed by atoms with Crippen LogP contribution in [0.1, 0.15) is 67.9 Å². The zero-order valence-corrected chi connectivity index (χ0v) is 23.6. The lowest BCUT2D eigenvalue weighted by Crippen LogP contribution is -2.48. The van der Waals surface area contributed by atoms with Crippen LogP contribution >= 0.6 is 0 Å². The fourth-order valence-corrected chi connectivity index (χ4v) is 6.66. The summed E-state index contributed by atoms with van der Waals surface area (Å²) in [4.78, 5) is 18.1. The Hall–Kier alpha value is -2.64. The van der Waals surface area contributed by atoms with Gasteiger partial charge in [-0.25, -0.2) is 8.42 Å². The van der Waals surface area contributed by atoms with E-state index in [1.165, 1.54) is 11.1 Å². The van der Waals surface area contributed by atoms with E-state index in [2.05, 4.69) is 11.8 Å². The minimum absolute atomic E-state index is 0.0608. The molecule has 0 saturated carbocycles. The monoisotopic (exact) mass is 524 g/mol. The number of methoxy groups -OCH3 is 1. The fourth-order valence-electron chi connectivity index (χ4n) is 5.60. The van der Waals surface area contributed by atoms with Gasteiger partial charge in [0.1, 0.15) is 5.75 Å². The van der Waals surface area contributed by atoms with Crippen molar-refractivity contribution in [2.24, 2.45) is 0 Å². The molecule has 6 nitrogen and oxygen atoms in total. The van der Waals surface area contributed by atoms with Crippen LogP contribution in [0, 0.1) is 6.92 Å². The van der Waals surface area contributed by atoms with Crippen molar-refractivity contribution in [3.8, 4) is 5.75 Å². The molecule has 2 aromatic carbocycles. The summed E-state index contributed by atoms with van der Waals surface area (Å²) in [5, 5.41) is -0.419. The number of aryl methyl sites for hydroxylation is 1. The summed E-state index contributed by atoms with van der Waals surface area (Å²) in [5.74, 6) is 0.738. The van der Waals surface area contributed by atoms with Crippen LogP contribution in [0.15, 0.2) is 52.9 Å². The number of amides is 1. The van der Waals surface area contributed by atoms with Crippen LogP contribution in [-0.2, 0) is 9.84 Å². The van der Waals surface area contributed by atoms with Gasteiger partial charge in [0.25, 0.3) is 5.91 Å². The predicted molar refractivity (Wildman–Crippen MR) is 149 cm³/mol. The fraction of sp³-hybridized carbons (Fsp3) is 0.500. The summed E-state index contributed by atoms with van der Waals surface area (Å²) >= 11 is 0. The minimum atomic E-state index is -3.25. The van der Waals surface area contributed by atoms with E-state index in [4.69, 9.17) is 4.74 Å². The van der Waals surface area contributed by atoms with E-state index in [-0.39, 0.29) is 5.91 Å². The first-order chi connectivity index (χ1) is 17.6. The number of carbonyl (C=O) groups is 1. The normalized spacial score (nSPS) is 17.8. The molecule has 2 saturated heterocycles. The van der Waals surface area contributed by atoms with Crippen molar-refractivity contribution in [1.82, 2.24) is 9.80 Å². The second-order valence-corrected chi connectivity index (χ2v) is 13.1. The number of allylic oxidation sites excluding steroid dienone is 1. The Morgan fingerprint density at radius 1 is 0.973 bits per heavy atom. The van der Waals surface area contributed by atoms with Crippen molar-refractivity contribution in [2.75, 3.05) is 33.3 Å². The van der Waals surface area contributed by atoms with Crippen LogP contribution in [0.25, 0.3) is 5.57 Å². The molecule has 1 amide bonds. The Balaban J connectivity index is 1.33. The first-order valence-corrected chi connectivity index (χ1v) is 14.9. The maximum atomic E-state index is 13.2. The van der Waals surface area contributed by atoms with Gasteiger partial charge in [0.2, 0.25) is 0 Å². The summed E-state index contributed by atoms with van der Waals surface area (Å²) in [5.41, 5.74) is 5.45. The average molecular weight is 525 g/mol. The van der Waals surface area contributed by atoms with Crippen LogP contribution in [0.2, 0.25) is 0 Å². The van der Waals surface area contributed by atoms with Crippen LogP contribution < -0.4 is 4.74 Å². The molecule has 0 spiro atoms. The van der Waals surface area contributed by atoms with E-state index in [1.807, 2.05) is 42.2 Å². The molecule has 0 radical (unpaired) electrons. The Labute approximate surface area is 222 Å². The average Bonchev–Trinajstić information content (AvgIpc) is 2.92. The molecule has 37 heavy (non-hydrogen) atoms. The smallest absolute Gasteiger partial charge is 0.257 e. The van der Waals surface area contributed by atoms with E-state index in [1.54, 1.807) is 33.1 Å². The molecule has 2 aromatic rings. The van der Waals surface area contributed by atoms with E-state index in [9.17, 15) is 13.2 Å². The summed E-state index contributed by atoms with van der Waals surface area (Å²) in [7, 11) is -1.62. The number of rotatable bonds is 6. The summed E-state index contributed by atoms with van der Waals surface area (Å²) < 4.78 is 30.4. The van der Waals surface area contributed by atoms with Gasteiger partial charge in [-0.15, -0.1) is 0 Å². The molecule has 0 aliphatic carbocycles. The van der Waals surface area contributed by atoms with Gasteiger partial charge in [-0.05, 0) is 88.3 Å². The number of hydrogen-bond donors (Lipinski definition) is 0. The van der Waals surface area contributed by atoms with Crippen LogP contribution in [-0.4, -0.2) is 68.7 Å². The SMILES string of the molecule is COc1c(C)cccc1C(=O)N1CCC(N2CCC(=C(C)c3ccc(S(=O)(=O)C(C)C)cc3)CC2)CC1. The van der Waals surface area contributed by atoms with Crippen molar-refractivity contribution in [3.05, 3.63) is 64.7 Å². The Bertz CT molecular complexity index is 1250. The van der Waals surface area contributed by atoms with Crippen LogP contribution in [0.4, 0.5) is 0 Å². The number of nitrogens with zero attached hydrogens (tertiary/aromatic N) is 2. The second kappa shape index (κ2) is 11.4. The highest BCUT2D eigenvalue weighted by atomic mass is 32.2. The van der Waals surface area contributed by atoms with Crippen LogP contribution in [0.5, 0.6) is 5.75 Å². The molecular weight excluding hydrogens is 484 g/mol. The molecule has 2 aliphatic rings. The molecule has 0 bridgehead atoms. The number of piperidine rings is 2. The third-order valence-corrected chi connectivity index (χ3v) is 10.3. The molecule has 2 heterocycles. The molecule has 2 aliphatic heterocycles. The van der Waals surface area contributed by atoms with Gasteiger partial charge in [-0.2, -0.15) is 0 Å². The lowest BCUT2D eigenvalue weighted by molar-refractivity contribution is 0.0605. The molecule has 0 aromatic heterocycles.